The lowest BCUT2D eigenvalue weighted by Crippen LogP contribution is -2.68. The topological polar surface area (TPSA) is 20.2 Å². The largest absolute Gasteiger partial charge is 0.392 e. The first-order valence-electron chi connectivity index (χ1n) is 6.82. The van der Waals surface area contributed by atoms with Crippen molar-refractivity contribution >= 4 is 0 Å². The summed E-state index contributed by atoms with van der Waals surface area (Å²) in [5.41, 5.74) is 1.73. The Morgan fingerprint density at radius 2 is 2.12 bits per heavy atom. The molecule has 1 nitrogen and oxygen atoms in total. The van der Waals surface area contributed by atoms with Crippen LogP contribution in [-0.4, -0.2) is 11.2 Å². The monoisotopic (exact) mass is 220 g/mol. The van der Waals surface area contributed by atoms with Gasteiger partial charge in [0.25, 0.3) is 0 Å². The number of fused-ring (bicyclic) bond motifs is 2. The summed E-state index contributed by atoms with van der Waals surface area (Å²) in [5, 5.41) is 10.3. The lowest BCUT2D eigenvalue weighted by Gasteiger charge is -2.72. The van der Waals surface area contributed by atoms with E-state index in [4.69, 9.17) is 0 Å². The van der Waals surface area contributed by atoms with Crippen molar-refractivity contribution in [2.24, 2.45) is 35.0 Å². The zero-order valence-electron chi connectivity index (χ0n) is 10.7. The molecule has 4 bridgehead atoms. The number of hydrogen-bond donors (Lipinski definition) is 1. The van der Waals surface area contributed by atoms with Crippen LogP contribution < -0.4 is 0 Å². The number of aliphatic hydroxyl groups is 1. The van der Waals surface area contributed by atoms with Crippen molar-refractivity contribution in [1.82, 2.24) is 0 Å². The minimum Gasteiger partial charge on any atom is -0.392 e. The Labute approximate surface area is 98.9 Å². The fourth-order valence-electron chi connectivity index (χ4n) is 5.42. The standard InChI is InChI=1S/C15H24O/c1-8(2)10-5-6-15(4)13-9(3)7-11(16)14(15)12(10)13/h8,10-14,16H,3,5-7H2,1-2,4H3/t10?,11-,12-,13?,14?,15+/m0/s1. The van der Waals surface area contributed by atoms with Gasteiger partial charge in [0.2, 0.25) is 0 Å². The molecule has 0 saturated heterocycles. The molecule has 16 heavy (non-hydrogen) atoms. The summed E-state index contributed by atoms with van der Waals surface area (Å²) in [4.78, 5) is 0. The number of hydrogen-bond acceptors (Lipinski definition) is 1. The van der Waals surface area contributed by atoms with Crippen LogP contribution in [0.1, 0.15) is 40.0 Å². The molecule has 0 aromatic rings. The van der Waals surface area contributed by atoms with Crippen LogP contribution in [0.4, 0.5) is 0 Å². The molecule has 4 aliphatic carbocycles. The molecule has 0 amide bonds. The molecule has 0 radical (unpaired) electrons. The SMILES string of the molecule is C=C1C[C@H](O)C2[C@H]3C(C(C)C)CC[C@]2(C)C13. The van der Waals surface area contributed by atoms with Gasteiger partial charge in [-0.05, 0) is 54.3 Å². The molecule has 4 rings (SSSR count). The van der Waals surface area contributed by atoms with E-state index in [9.17, 15) is 5.11 Å². The first-order chi connectivity index (χ1) is 7.47. The summed E-state index contributed by atoms with van der Waals surface area (Å²) in [6.45, 7) is 11.3. The Kier molecular flexibility index (Phi) is 2.12. The van der Waals surface area contributed by atoms with E-state index in [2.05, 4.69) is 27.4 Å². The molecule has 0 aromatic carbocycles. The third kappa shape index (κ3) is 1.06. The third-order valence-electron chi connectivity index (χ3n) is 5.96. The Bertz CT molecular complexity index is 332. The highest BCUT2D eigenvalue weighted by molar-refractivity contribution is 5.28. The van der Waals surface area contributed by atoms with Crippen molar-refractivity contribution in [3.8, 4) is 0 Å². The summed E-state index contributed by atoms with van der Waals surface area (Å²) in [5.74, 6) is 3.63. The van der Waals surface area contributed by atoms with Gasteiger partial charge in [-0.15, -0.1) is 0 Å². The second-order valence-electron chi connectivity index (χ2n) is 6.96. The van der Waals surface area contributed by atoms with Crippen molar-refractivity contribution in [3.63, 3.8) is 0 Å². The summed E-state index contributed by atoms with van der Waals surface area (Å²) in [6.07, 6.45) is 3.43. The lowest BCUT2D eigenvalue weighted by atomic mass is 9.33. The lowest BCUT2D eigenvalue weighted by molar-refractivity contribution is -0.234. The quantitative estimate of drug-likeness (QED) is 0.673. The maximum absolute atomic E-state index is 10.3. The van der Waals surface area contributed by atoms with Crippen LogP contribution in [0.15, 0.2) is 12.2 Å². The Hall–Kier alpha value is -0.300. The van der Waals surface area contributed by atoms with E-state index in [1.54, 1.807) is 0 Å². The highest BCUT2D eigenvalue weighted by Gasteiger charge is 2.68. The zero-order chi connectivity index (χ0) is 11.7. The minimum atomic E-state index is -0.103. The summed E-state index contributed by atoms with van der Waals surface area (Å²) >= 11 is 0. The van der Waals surface area contributed by atoms with Crippen molar-refractivity contribution < 1.29 is 5.11 Å². The molecule has 1 N–H and O–H groups in total. The Balaban J connectivity index is 1.96. The second kappa shape index (κ2) is 3.13. The summed E-state index contributed by atoms with van der Waals surface area (Å²) in [7, 11) is 0. The van der Waals surface area contributed by atoms with Crippen molar-refractivity contribution in [3.05, 3.63) is 12.2 Å². The smallest absolute Gasteiger partial charge is 0.0613 e. The molecule has 0 aliphatic heterocycles. The molecular formula is C15H24O. The van der Waals surface area contributed by atoms with Crippen LogP contribution in [0.2, 0.25) is 0 Å². The van der Waals surface area contributed by atoms with Gasteiger partial charge in [-0.3, -0.25) is 0 Å². The van der Waals surface area contributed by atoms with Gasteiger partial charge >= 0.3 is 0 Å². The maximum Gasteiger partial charge on any atom is 0.0613 e. The van der Waals surface area contributed by atoms with Crippen LogP contribution in [0.5, 0.6) is 0 Å². The Morgan fingerprint density at radius 3 is 2.69 bits per heavy atom. The highest BCUT2D eigenvalue weighted by atomic mass is 16.3. The van der Waals surface area contributed by atoms with E-state index in [0.29, 0.717) is 11.3 Å². The van der Waals surface area contributed by atoms with E-state index < -0.39 is 0 Å². The third-order valence-corrected chi connectivity index (χ3v) is 5.96. The van der Waals surface area contributed by atoms with Crippen molar-refractivity contribution in [1.29, 1.82) is 0 Å². The molecule has 4 saturated carbocycles. The number of aliphatic hydroxyl groups excluding tert-OH is 1. The Morgan fingerprint density at radius 1 is 1.44 bits per heavy atom. The van der Waals surface area contributed by atoms with Crippen LogP contribution in [0, 0.1) is 35.0 Å². The molecule has 0 aromatic heterocycles. The minimum absolute atomic E-state index is 0.103. The van der Waals surface area contributed by atoms with Gasteiger partial charge in [0, 0.05) is 0 Å². The van der Waals surface area contributed by atoms with E-state index in [-0.39, 0.29) is 6.10 Å². The van der Waals surface area contributed by atoms with E-state index in [1.165, 1.54) is 18.4 Å². The molecule has 1 heteroatoms. The summed E-state index contributed by atoms with van der Waals surface area (Å²) < 4.78 is 0. The van der Waals surface area contributed by atoms with Gasteiger partial charge in [0.05, 0.1) is 6.10 Å². The fourth-order valence-corrected chi connectivity index (χ4v) is 5.42. The van der Waals surface area contributed by atoms with E-state index in [0.717, 1.165) is 30.1 Å². The number of rotatable bonds is 1. The highest BCUT2D eigenvalue weighted by Crippen LogP contribution is 2.72. The van der Waals surface area contributed by atoms with Crippen LogP contribution in [0.25, 0.3) is 0 Å². The van der Waals surface area contributed by atoms with Gasteiger partial charge < -0.3 is 5.11 Å². The molecular weight excluding hydrogens is 196 g/mol. The average Bonchev–Trinajstić information content (AvgIpc) is 2.15. The molecule has 6 atom stereocenters. The normalized spacial score (nSPS) is 55.1. The van der Waals surface area contributed by atoms with E-state index in [1.807, 2.05) is 0 Å². The maximum atomic E-state index is 10.3. The van der Waals surface area contributed by atoms with Gasteiger partial charge in [-0.1, -0.05) is 32.9 Å². The van der Waals surface area contributed by atoms with E-state index >= 15 is 0 Å². The predicted octanol–water partition coefficient (Wildman–Crippen LogP) is 3.24. The van der Waals surface area contributed by atoms with Crippen molar-refractivity contribution in [2.75, 3.05) is 0 Å². The van der Waals surface area contributed by atoms with Gasteiger partial charge in [-0.2, -0.15) is 0 Å². The molecule has 3 unspecified atom stereocenters. The van der Waals surface area contributed by atoms with Gasteiger partial charge in [-0.25, -0.2) is 0 Å². The first kappa shape index (κ1) is 10.8. The predicted molar refractivity (Wildman–Crippen MR) is 65.9 cm³/mol. The van der Waals surface area contributed by atoms with Crippen molar-refractivity contribution in [2.45, 2.75) is 46.1 Å². The summed E-state index contributed by atoms with van der Waals surface area (Å²) in [6, 6.07) is 0. The molecule has 0 spiro atoms. The van der Waals surface area contributed by atoms with Crippen LogP contribution in [-0.2, 0) is 0 Å². The molecule has 4 fully saturated rings. The zero-order valence-corrected chi connectivity index (χ0v) is 10.7. The van der Waals surface area contributed by atoms with Crippen LogP contribution >= 0.6 is 0 Å². The van der Waals surface area contributed by atoms with Gasteiger partial charge in [0.15, 0.2) is 0 Å². The molecule has 0 heterocycles. The molecule has 4 aliphatic rings. The molecule has 90 valence electrons. The average molecular weight is 220 g/mol. The fraction of sp³-hybridized carbons (Fsp3) is 0.867. The van der Waals surface area contributed by atoms with Crippen LogP contribution in [0.3, 0.4) is 0 Å². The van der Waals surface area contributed by atoms with Gasteiger partial charge in [0.1, 0.15) is 0 Å². The second-order valence-corrected chi connectivity index (χ2v) is 6.96. The first-order valence-corrected chi connectivity index (χ1v) is 6.82.